The van der Waals surface area contributed by atoms with Gasteiger partial charge in [0.05, 0.1) is 11.5 Å². The summed E-state index contributed by atoms with van der Waals surface area (Å²) in [6.07, 6.45) is 15.4. The molecule has 0 heterocycles. The molecule has 4 heteroatoms. The quantitative estimate of drug-likeness (QED) is 0.237. The molecule has 0 aliphatic rings. The molecule has 150 valence electrons. The predicted molar refractivity (Wildman–Crippen MR) is 110 cm³/mol. The highest BCUT2D eigenvalue weighted by Crippen LogP contribution is 2.16. The van der Waals surface area contributed by atoms with Gasteiger partial charge in [-0.15, -0.1) is 0 Å². The predicted octanol–water partition coefficient (Wildman–Crippen LogP) is 6.66. The summed E-state index contributed by atoms with van der Waals surface area (Å²) in [5, 5.41) is 0. The van der Waals surface area contributed by atoms with Crippen LogP contribution in [0.4, 0.5) is 0 Å². The van der Waals surface area contributed by atoms with Gasteiger partial charge in [-0.25, -0.2) is 0 Å². The zero-order valence-electron chi connectivity index (χ0n) is 16.8. The summed E-state index contributed by atoms with van der Waals surface area (Å²) in [6.45, 7) is 4.70. The minimum atomic E-state index is -3.61. The maximum Gasteiger partial charge on any atom is 0.296 e. The third kappa shape index (κ3) is 10.3. The molecular formula is C22H38O3S. The van der Waals surface area contributed by atoms with Crippen LogP contribution in [0.3, 0.4) is 0 Å². The van der Waals surface area contributed by atoms with Crippen molar-refractivity contribution in [3.63, 3.8) is 0 Å². The van der Waals surface area contributed by atoms with Gasteiger partial charge < -0.3 is 0 Å². The molecule has 26 heavy (non-hydrogen) atoms. The topological polar surface area (TPSA) is 43.4 Å². The first-order valence-electron chi connectivity index (χ1n) is 10.6. The van der Waals surface area contributed by atoms with Gasteiger partial charge >= 0.3 is 0 Å². The minimum Gasteiger partial charge on any atom is -0.266 e. The molecule has 0 spiro atoms. The van der Waals surface area contributed by atoms with Crippen LogP contribution in [0, 0.1) is 0 Å². The van der Waals surface area contributed by atoms with Crippen LogP contribution in [0.15, 0.2) is 29.2 Å². The van der Waals surface area contributed by atoms with E-state index in [0.29, 0.717) is 0 Å². The van der Waals surface area contributed by atoms with Crippen LogP contribution >= 0.6 is 0 Å². The number of rotatable bonds is 16. The number of unbranched alkanes of at least 4 members (excludes halogenated alkanes) is 10. The van der Waals surface area contributed by atoms with E-state index in [1.165, 1.54) is 63.4 Å². The number of benzene rings is 1. The largest absolute Gasteiger partial charge is 0.296 e. The zero-order chi connectivity index (χ0) is 19.1. The number of hydrogen-bond acceptors (Lipinski definition) is 3. The third-order valence-electron chi connectivity index (χ3n) is 4.77. The summed E-state index contributed by atoms with van der Waals surface area (Å²) in [6, 6.07) is 7.21. The number of aryl methyl sites for hydroxylation is 1. The van der Waals surface area contributed by atoms with Gasteiger partial charge in [-0.05, 0) is 37.0 Å². The summed E-state index contributed by atoms with van der Waals surface area (Å²) >= 11 is 0. The molecule has 0 aliphatic carbocycles. The molecule has 0 amide bonds. The Morgan fingerprint density at radius 1 is 0.692 bits per heavy atom. The fourth-order valence-corrected chi connectivity index (χ4v) is 3.99. The molecular weight excluding hydrogens is 344 g/mol. The van der Waals surface area contributed by atoms with Crippen LogP contribution in [-0.2, 0) is 20.7 Å². The molecule has 0 saturated heterocycles. The zero-order valence-corrected chi connectivity index (χ0v) is 17.7. The van der Waals surface area contributed by atoms with Crippen molar-refractivity contribution in [1.29, 1.82) is 0 Å². The van der Waals surface area contributed by atoms with E-state index in [1.807, 2.05) is 12.1 Å². The first-order valence-corrected chi connectivity index (χ1v) is 12.0. The maximum absolute atomic E-state index is 12.2. The normalized spacial score (nSPS) is 11.8. The molecule has 1 aromatic rings. The lowest BCUT2D eigenvalue weighted by atomic mass is 10.1. The van der Waals surface area contributed by atoms with Crippen LogP contribution in [-0.4, -0.2) is 15.0 Å². The molecule has 0 N–H and O–H groups in total. The average molecular weight is 383 g/mol. The fraction of sp³-hybridized carbons (Fsp3) is 0.727. The van der Waals surface area contributed by atoms with Gasteiger partial charge in [0, 0.05) is 0 Å². The van der Waals surface area contributed by atoms with Gasteiger partial charge in [-0.2, -0.15) is 8.42 Å². The van der Waals surface area contributed by atoms with Crippen molar-refractivity contribution in [2.45, 2.75) is 102 Å². The highest BCUT2D eigenvalue weighted by molar-refractivity contribution is 7.86. The Balaban J connectivity index is 2.27. The van der Waals surface area contributed by atoms with E-state index in [-0.39, 0.29) is 11.5 Å². The molecule has 0 radical (unpaired) electrons. The Morgan fingerprint density at radius 2 is 1.19 bits per heavy atom. The van der Waals surface area contributed by atoms with Gasteiger partial charge in [-0.1, -0.05) is 90.2 Å². The average Bonchev–Trinajstić information content (AvgIpc) is 2.64. The molecule has 0 unspecified atom stereocenters. The second kappa shape index (κ2) is 14.2. The van der Waals surface area contributed by atoms with Crippen molar-refractivity contribution in [2.75, 3.05) is 6.61 Å². The van der Waals surface area contributed by atoms with Crippen LogP contribution in [0.1, 0.15) is 96.5 Å². The van der Waals surface area contributed by atoms with E-state index in [1.54, 1.807) is 12.1 Å². The van der Waals surface area contributed by atoms with Gasteiger partial charge in [0.2, 0.25) is 0 Å². The molecule has 0 aromatic heterocycles. The second-order valence-electron chi connectivity index (χ2n) is 7.21. The summed E-state index contributed by atoms with van der Waals surface area (Å²) < 4.78 is 29.6. The Kier molecular flexibility index (Phi) is 12.7. The molecule has 0 fully saturated rings. The highest BCUT2D eigenvalue weighted by atomic mass is 32.2. The van der Waals surface area contributed by atoms with E-state index in [4.69, 9.17) is 4.18 Å². The first kappa shape index (κ1) is 23.2. The lowest BCUT2D eigenvalue weighted by Crippen LogP contribution is -2.07. The van der Waals surface area contributed by atoms with Crippen molar-refractivity contribution in [3.05, 3.63) is 29.8 Å². The molecule has 1 aromatic carbocycles. The van der Waals surface area contributed by atoms with Gasteiger partial charge in [0.25, 0.3) is 10.1 Å². The fourth-order valence-electron chi connectivity index (χ4n) is 3.05. The summed E-state index contributed by atoms with van der Waals surface area (Å²) in [4.78, 5) is 0.273. The van der Waals surface area contributed by atoms with E-state index < -0.39 is 10.1 Å². The van der Waals surface area contributed by atoms with Crippen molar-refractivity contribution in [3.8, 4) is 0 Å². The summed E-state index contributed by atoms with van der Waals surface area (Å²) in [7, 11) is -3.61. The Morgan fingerprint density at radius 3 is 1.77 bits per heavy atom. The summed E-state index contributed by atoms with van der Waals surface area (Å²) in [5.41, 5.74) is 1.20. The van der Waals surface area contributed by atoms with E-state index >= 15 is 0 Å². The summed E-state index contributed by atoms with van der Waals surface area (Å²) in [5.74, 6) is 0. The Labute approximate surface area is 161 Å². The minimum absolute atomic E-state index is 0.273. The third-order valence-corrected chi connectivity index (χ3v) is 6.09. The Bertz CT molecular complexity index is 549. The lowest BCUT2D eigenvalue weighted by molar-refractivity contribution is 0.306. The van der Waals surface area contributed by atoms with Crippen LogP contribution in [0.5, 0.6) is 0 Å². The smallest absolute Gasteiger partial charge is 0.266 e. The highest BCUT2D eigenvalue weighted by Gasteiger charge is 2.14. The van der Waals surface area contributed by atoms with Crippen LogP contribution in [0.25, 0.3) is 0 Å². The first-order chi connectivity index (χ1) is 12.6. The Hall–Kier alpha value is -0.870. The van der Waals surface area contributed by atoms with Crippen LogP contribution < -0.4 is 0 Å². The SMILES string of the molecule is CCCCCCCCOS(=O)(=O)c1ccc(CCCCCCCC)cc1. The van der Waals surface area contributed by atoms with Crippen LogP contribution in [0.2, 0.25) is 0 Å². The van der Waals surface area contributed by atoms with E-state index in [0.717, 1.165) is 25.7 Å². The molecule has 0 aliphatic heterocycles. The van der Waals surface area contributed by atoms with Gasteiger partial charge in [0.1, 0.15) is 0 Å². The van der Waals surface area contributed by atoms with Crippen molar-refractivity contribution < 1.29 is 12.6 Å². The second-order valence-corrected chi connectivity index (χ2v) is 8.82. The van der Waals surface area contributed by atoms with Gasteiger partial charge in [0.15, 0.2) is 0 Å². The van der Waals surface area contributed by atoms with Crippen molar-refractivity contribution in [2.24, 2.45) is 0 Å². The van der Waals surface area contributed by atoms with Crippen molar-refractivity contribution in [1.82, 2.24) is 0 Å². The maximum atomic E-state index is 12.2. The van der Waals surface area contributed by atoms with Crippen molar-refractivity contribution >= 4 is 10.1 Å². The standard InChI is InChI=1S/C22H38O3S/c1-3-5-7-9-11-13-15-21-16-18-22(19-17-21)26(23,24)25-20-14-12-10-8-6-4-2/h16-19H,3-15,20H2,1-2H3. The molecule has 3 nitrogen and oxygen atoms in total. The van der Waals surface area contributed by atoms with Gasteiger partial charge in [-0.3, -0.25) is 4.18 Å². The number of hydrogen-bond donors (Lipinski definition) is 0. The van der Waals surface area contributed by atoms with E-state index in [9.17, 15) is 8.42 Å². The monoisotopic (exact) mass is 382 g/mol. The molecule has 0 saturated carbocycles. The lowest BCUT2D eigenvalue weighted by Gasteiger charge is -2.07. The molecule has 0 atom stereocenters. The van der Waals surface area contributed by atoms with E-state index in [2.05, 4.69) is 13.8 Å². The molecule has 0 bridgehead atoms. The molecule has 1 rings (SSSR count).